The third-order valence-corrected chi connectivity index (χ3v) is 7.79. The lowest BCUT2D eigenvalue weighted by Crippen LogP contribution is -2.49. The monoisotopic (exact) mass is 412 g/mol. The molecule has 5 nitrogen and oxygen atoms in total. The van der Waals surface area contributed by atoms with Crippen molar-refractivity contribution in [1.82, 2.24) is 15.0 Å². The summed E-state index contributed by atoms with van der Waals surface area (Å²) in [5.74, 6) is 2.72. The van der Waals surface area contributed by atoms with E-state index in [2.05, 4.69) is 15.6 Å². The Kier molecular flexibility index (Phi) is 4.44. The number of nitrogens with one attached hydrogen (secondary N) is 1. The first-order valence-corrected chi connectivity index (χ1v) is 11.5. The van der Waals surface area contributed by atoms with Crippen LogP contribution < -0.4 is 5.32 Å². The maximum Gasteiger partial charge on any atom is 0.181 e. The maximum absolute atomic E-state index is 12.6. The van der Waals surface area contributed by atoms with Crippen molar-refractivity contribution in [3.8, 4) is 5.69 Å². The minimum Gasteiger partial charge on any atom is -0.378 e. The molecule has 4 bridgehead atoms. The highest BCUT2D eigenvalue weighted by Crippen LogP contribution is 2.60. The number of Topliss-reactive ketones (excluding diaryl/α,β-unsaturated/α-hetero) is 1. The molecule has 1 heterocycles. The molecular formula is C26H28N4O. The van der Waals surface area contributed by atoms with Gasteiger partial charge in [0.25, 0.3) is 0 Å². The van der Waals surface area contributed by atoms with E-state index in [4.69, 9.17) is 0 Å². The topological polar surface area (TPSA) is 59.8 Å². The number of anilines is 1. The summed E-state index contributed by atoms with van der Waals surface area (Å²) in [6.45, 7) is 0.283. The molecule has 3 aromatic rings. The molecule has 0 saturated heterocycles. The Labute approximate surface area is 182 Å². The van der Waals surface area contributed by atoms with Gasteiger partial charge in [-0.05, 0) is 92.7 Å². The summed E-state index contributed by atoms with van der Waals surface area (Å²) in [6, 6.07) is 17.7. The van der Waals surface area contributed by atoms with Crippen molar-refractivity contribution in [2.75, 3.05) is 11.9 Å². The standard InChI is InChI=1S/C26H28N4O/c31-24(16-27-22-4-2-1-3-5-22)21-6-8-23(9-7-21)30-25(17-28-29-30)26-13-18-10-19(14-26)12-20(11-18)15-26/h1-9,17-20,27H,10-16H2. The van der Waals surface area contributed by atoms with Crippen molar-refractivity contribution in [3.63, 3.8) is 0 Å². The van der Waals surface area contributed by atoms with E-state index in [0.717, 1.165) is 29.1 Å². The van der Waals surface area contributed by atoms with Crippen molar-refractivity contribution >= 4 is 11.5 Å². The zero-order chi connectivity index (χ0) is 20.8. The molecule has 1 N–H and O–H groups in total. The summed E-state index contributed by atoms with van der Waals surface area (Å²) < 4.78 is 2.03. The fourth-order valence-electron chi connectivity index (χ4n) is 6.84. The SMILES string of the molecule is O=C(CNc1ccccc1)c1ccc(-n2nncc2C23CC4CC(CC(C4)C2)C3)cc1. The number of carbonyl (C=O) groups is 1. The number of hydrogen-bond donors (Lipinski definition) is 1. The second kappa shape index (κ2) is 7.33. The molecule has 0 radical (unpaired) electrons. The van der Waals surface area contributed by atoms with Gasteiger partial charge in [0.15, 0.2) is 5.78 Å². The molecule has 0 atom stereocenters. The van der Waals surface area contributed by atoms with Crippen LogP contribution >= 0.6 is 0 Å². The first-order chi connectivity index (χ1) is 15.2. The lowest BCUT2D eigenvalue weighted by atomic mass is 9.49. The van der Waals surface area contributed by atoms with E-state index < -0.39 is 0 Å². The number of rotatable bonds is 6. The average molecular weight is 413 g/mol. The van der Waals surface area contributed by atoms with Gasteiger partial charge in [-0.3, -0.25) is 4.79 Å². The molecule has 1 aromatic heterocycles. The molecule has 4 aliphatic rings. The summed E-state index contributed by atoms with van der Waals surface area (Å²) in [7, 11) is 0. The fraction of sp³-hybridized carbons (Fsp3) is 0.423. The summed E-state index contributed by atoms with van der Waals surface area (Å²) in [4.78, 5) is 12.6. The van der Waals surface area contributed by atoms with Gasteiger partial charge in [-0.1, -0.05) is 23.4 Å². The van der Waals surface area contributed by atoms with Crippen LogP contribution in [0.4, 0.5) is 5.69 Å². The van der Waals surface area contributed by atoms with E-state index >= 15 is 0 Å². The molecule has 31 heavy (non-hydrogen) atoms. The Hall–Kier alpha value is -2.95. The largest absolute Gasteiger partial charge is 0.378 e. The van der Waals surface area contributed by atoms with Crippen LogP contribution in [0.1, 0.15) is 54.6 Å². The molecule has 0 unspecified atom stereocenters. The van der Waals surface area contributed by atoms with Gasteiger partial charge in [-0.2, -0.15) is 0 Å². The molecular weight excluding hydrogens is 384 g/mol. The number of nitrogens with zero attached hydrogens (tertiary/aromatic N) is 3. The van der Waals surface area contributed by atoms with Gasteiger partial charge in [0.05, 0.1) is 24.1 Å². The fourth-order valence-corrected chi connectivity index (χ4v) is 6.84. The van der Waals surface area contributed by atoms with Crippen LogP contribution in [0.2, 0.25) is 0 Å². The predicted molar refractivity (Wildman–Crippen MR) is 120 cm³/mol. The van der Waals surface area contributed by atoms with E-state index in [-0.39, 0.29) is 17.7 Å². The maximum atomic E-state index is 12.6. The van der Waals surface area contributed by atoms with Gasteiger partial charge in [0, 0.05) is 16.7 Å². The number of para-hydroxylation sites is 1. The van der Waals surface area contributed by atoms with Crippen LogP contribution in [0.25, 0.3) is 5.69 Å². The molecule has 5 heteroatoms. The third-order valence-electron chi connectivity index (χ3n) is 7.79. The van der Waals surface area contributed by atoms with Crippen molar-refractivity contribution in [3.05, 3.63) is 72.1 Å². The van der Waals surface area contributed by atoms with Gasteiger partial charge >= 0.3 is 0 Å². The van der Waals surface area contributed by atoms with Crippen molar-refractivity contribution in [2.24, 2.45) is 17.8 Å². The highest BCUT2D eigenvalue weighted by Gasteiger charge is 2.53. The normalized spacial score (nSPS) is 28.6. The Balaban J connectivity index is 1.21. The summed E-state index contributed by atoms with van der Waals surface area (Å²) in [5, 5.41) is 12.0. The molecule has 7 rings (SSSR count). The Morgan fingerprint density at radius 1 is 0.935 bits per heavy atom. The van der Waals surface area contributed by atoms with Crippen LogP contribution in [-0.2, 0) is 5.41 Å². The lowest BCUT2D eigenvalue weighted by Gasteiger charge is -2.56. The highest BCUT2D eigenvalue weighted by molar-refractivity contribution is 5.99. The number of carbonyl (C=O) groups excluding carboxylic acids is 1. The Morgan fingerprint density at radius 2 is 1.58 bits per heavy atom. The van der Waals surface area contributed by atoms with Crippen molar-refractivity contribution in [1.29, 1.82) is 0 Å². The zero-order valence-electron chi connectivity index (χ0n) is 17.7. The Bertz CT molecular complexity index is 1050. The predicted octanol–water partition coefficient (Wildman–Crippen LogP) is 5.03. The van der Waals surface area contributed by atoms with Crippen LogP contribution in [-0.4, -0.2) is 27.3 Å². The zero-order valence-corrected chi connectivity index (χ0v) is 17.7. The van der Waals surface area contributed by atoms with E-state index in [0.29, 0.717) is 5.56 Å². The quantitative estimate of drug-likeness (QED) is 0.577. The van der Waals surface area contributed by atoms with Crippen LogP contribution in [0.5, 0.6) is 0 Å². The smallest absolute Gasteiger partial charge is 0.181 e. The summed E-state index contributed by atoms with van der Waals surface area (Å²) >= 11 is 0. The number of hydrogen-bond acceptors (Lipinski definition) is 4. The van der Waals surface area contributed by atoms with Crippen LogP contribution in [0.15, 0.2) is 60.8 Å². The minimum atomic E-state index is 0.0790. The van der Waals surface area contributed by atoms with Gasteiger partial charge in [-0.15, -0.1) is 5.10 Å². The van der Waals surface area contributed by atoms with Crippen molar-refractivity contribution < 1.29 is 4.79 Å². The summed E-state index contributed by atoms with van der Waals surface area (Å²) in [6.07, 6.45) is 10.1. The number of aromatic nitrogens is 3. The average Bonchev–Trinajstić information content (AvgIpc) is 3.28. The molecule has 4 saturated carbocycles. The first-order valence-electron chi connectivity index (χ1n) is 11.5. The second-order valence-corrected chi connectivity index (χ2v) is 9.92. The van der Waals surface area contributed by atoms with Crippen molar-refractivity contribution in [2.45, 2.75) is 43.9 Å². The molecule has 158 valence electrons. The lowest BCUT2D eigenvalue weighted by molar-refractivity contribution is -0.00828. The van der Waals surface area contributed by atoms with Crippen LogP contribution in [0, 0.1) is 17.8 Å². The third kappa shape index (κ3) is 3.36. The van der Waals surface area contributed by atoms with Crippen LogP contribution in [0.3, 0.4) is 0 Å². The molecule has 0 amide bonds. The molecule has 2 aromatic carbocycles. The molecule has 4 fully saturated rings. The van der Waals surface area contributed by atoms with E-state index in [1.807, 2.05) is 65.5 Å². The summed E-state index contributed by atoms with van der Waals surface area (Å²) in [5.41, 5.74) is 4.18. The van der Waals surface area contributed by atoms with E-state index in [1.54, 1.807) is 0 Å². The molecule has 4 aliphatic carbocycles. The minimum absolute atomic E-state index is 0.0790. The van der Waals surface area contributed by atoms with Gasteiger partial charge in [0.1, 0.15) is 0 Å². The van der Waals surface area contributed by atoms with Gasteiger partial charge in [-0.25, -0.2) is 4.68 Å². The van der Waals surface area contributed by atoms with E-state index in [9.17, 15) is 4.79 Å². The first kappa shape index (κ1) is 18.8. The molecule has 0 aliphatic heterocycles. The second-order valence-electron chi connectivity index (χ2n) is 9.92. The Morgan fingerprint density at radius 3 is 2.23 bits per heavy atom. The van der Waals surface area contributed by atoms with Gasteiger partial charge < -0.3 is 5.32 Å². The highest BCUT2D eigenvalue weighted by atomic mass is 16.1. The number of benzene rings is 2. The van der Waals surface area contributed by atoms with Gasteiger partial charge in [0.2, 0.25) is 0 Å². The number of ketones is 1. The van der Waals surface area contributed by atoms with E-state index in [1.165, 1.54) is 44.2 Å². The molecule has 0 spiro atoms.